The molecular formula is C25H29N5O3. The van der Waals surface area contributed by atoms with Crippen molar-refractivity contribution in [3.8, 4) is 11.5 Å². The van der Waals surface area contributed by atoms with E-state index in [1.165, 1.54) is 5.56 Å². The first kappa shape index (κ1) is 22.5. The third kappa shape index (κ3) is 5.97. The van der Waals surface area contributed by atoms with Gasteiger partial charge in [-0.1, -0.05) is 35.5 Å². The summed E-state index contributed by atoms with van der Waals surface area (Å²) in [6.45, 7) is 2.70. The average molecular weight is 448 g/mol. The third-order valence-corrected chi connectivity index (χ3v) is 5.79. The molecule has 1 aliphatic rings. The van der Waals surface area contributed by atoms with Gasteiger partial charge in [-0.15, -0.1) is 0 Å². The van der Waals surface area contributed by atoms with E-state index in [2.05, 4.69) is 15.5 Å². The number of aromatic nitrogens is 2. The summed E-state index contributed by atoms with van der Waals surface area (Å²) in [5.74, 6) is 1.00. The molecule has 172 valence electrons. The molecule has 0 radical (unpaired) electrons. The van der Waals surface area contributed by atoms with E-state index in [4.69, 9.17) is 4.52 Å². The van der Waals surface area contributed by atoms with Crippen LogP contribution in [-0.4, -0.2) is 65.1 Å². The zero-order chi connectivity index (χ0) is 23.0. The monoisotopic (exact) mass is 447 g/mol. The smallest absolute Gasteiger partial charge is 0.317 e. The summed E-state index contributed by atoms with van der Waals surface area (Å²) in [4.78, 5) is 32.7. The van der Waals surface area contributed by atoms with Gasteiger partial charge in [0.15, 0.2) is 5.82 Å². The number of likely N-dealkylation sites (N-methyl/N-ethyl adjacent to an activating group) is 1. The number of nitrogens with zero attached hydrogens (tertiary/aromatic N) is 4. The van der Waals surface area contributed by atoms with Crippen molar-refractivity contribution in [2.24, 2.45) is 0 Å². The molecular weight excluding hydrogens is 418 g/mol. The van der Waals surface area contributed by atoms with Crippen molar-refractivity contribution >= 4 is 11.9 Å². The summed E-state index contributed by atoms with van der Waals surface area (Å²) in [6, 6.07) is 17.2. The maximum Gasteiger partial charge on any atom is 0.317 e. The van der Waals surface area contributed by atoms with Crippen LogP contribution >= 0.6 is 0 Å². The lowest BCUT2D eigenvalue weighted by Gasteiger charge is -2.17. The Kier molecular flexibility index (Phi) is 7.34. The molecule has 2 heterocycles. The van der Waals surface area contributed by atoms with Crippen molar-refractivity contribution in [3.63, 3.8) is 0 Å². The summed E-state index contributed by atoms with van der Waals surface area (Å²) in [5, 5.41) is 6.95. The molecule has 1 aliphatic heterocycles. The Hall–Kier alpha value is -3.68. The first-order valence-electron chi connectivity index (χ1n) is 11.4. The van der Waals surface area contributed by atoms with Gasteiger partial charge in [-0.25, -0.2) is 4.79 Å². The molecule has 8 heteroatoms. The molecule has 1 saturated heterocycles. The SMILES string of the molecule is CN(CCc1noc(-c2ccc(C(=O)N3CCCC3)cc2)n1)C(=O)NCCc1ccccc1. The van der Waals surface area contributed by atoms with Crippen LogP contribution in [0.5, 0.6) is 0 Å². The first-order valence-corrected chi connectivity index (χ1v) is 11.4. The molecule has 2 aromatic carbocycles. The maximum atomic E-state index is 12.5. The summed E-state index contributed by atoms with van der Waals surface area (Å²) in [5.41, 5.74) is 2.62. The fraction of sp³-hybridized carbons (Fsp3) is 0.360. The second-order valence-corrected chi connectivity index (χ2v) is 8.23. The van der Waals surface area contributed by atoms with Gasteiger partial charge in [0.2, 0.25) is 0 Å². The highest BCUT2D eigenvalue weighted by Gasteiger charge is 2.20. The number of hydrogen-bond acceptors (Lipinski definition) is 5. The second kappa shape index (κ2) is 10.8. The van der Waals surface area contributed by atoms with Gasteiger partial charge in [-0.3, -0.25) is 4.79 Å². The number of rotatable bonds is 8. The number of carbonyl (C=O) groups is 2. The minimum Gasteiger partial charge on any atom is -0.339 e. The topological polar surface area (TPSA) is 91.6 Å². The maximum absolute atomic E-state index is 12.5. The lowest BCUT2D eigenvalue weighted by atomic mass is 10.1. The summed E-state index contributed by atoms with van der Waals surface area (Å²) in [6.07, 6.45) is 3.41. The molecule has 0 spiro atoms. The minimum atomic E-state index is -0.132. The quantitative estimate of drug-likeness (QED) is 0.571. The number of carbonyl (C=O) groups excluding carboxylic acids is 2. The lowest BCUT2D eigenvalue weighted by molar-refractivity contribution is 0.0793. The van der Waals surface area contributed by atoms with Crippen molar-refractivity contribution in [2.75, 3.05) is 33.2 Å². The Morgan fingerprint density at radius 2 is 1.76 bits per heavy atom. The largest absolute Gasteiger partial charge is 0.339 e. The molecule has 0 saturated carbocycles. The highest BCUT2D eigenvalue weighted by molar-refractivity contribution is 5.94. The number of benzene rings is 2. The Bertz CT molecular complexity index is 1060. The van der Waals surface area contributed by atoms with E-state index in [1.807, 2.05) is 47.4 Å². The van der Waals surface area contributed by atoms with Crippen molar-refractivity contribution in [3.05, 3.63) is 71.5 Å². The molecule has 0 aliphatic carbocycles. The van der Waals surface area contributed by atoms with Crippen LogP contribution in [0.3, 0.4) is 0 Å². The Labute approximate surface area is 193 Å². The highest BCUT2D eigenvalue weighted by atomic mass is 16.5. The van der Waals surface area contributed by atoms with Crippen LogP contribution in [0.15, 0.2) is 59.1 Å². The fourth-order valence-electron chi connectivity index (χ4n) is 3.79. The molecule has 0 atom stereocenters. The molecule has 0 bridgehead atoms. The minimum absolute atomic E-state index is 0.0651. The fourth-order valence-corrected chi connectivity index (χ4v) is 3.79. The van der Waals surface area contributed by atoms with Crippen LogP contribution in [0, 0.1) is 0 Å². The van der Waals surface area contributed by atoms with Crippen LogP contribution in [-0.2, 0) is 12.8 Å². The summed E-state index contributed by atoms with van der Waals surface area (Å²) >= 11 is 0. The molecule has 1 N–H and O–H groups in total. The lowest BCUT2D eigenvalue weighted by Crippen LogP contribution is -2.39. The van der Waals surface area contributed by atoms with E-state index in [0.717, 1.165) is 37.9 Å². The Morgan fingerprint density at radius 1 is 1.03 bits per heavy atom. The predicted octanol–water partition coefficient (Wildman–Crippen LogP) is 3.40. The van der Waals surface area contributed by atoms with Crippen LogP contribution in [0.25, 0.3) is 11.5 Å². The number of hydrogen-bond donors (Lipinski definition) is 1. The summed E-state index contributed by atoms with van der Waals surface area (Å²) < 4.78 is 5.38. The summed E-state index contributed by atoms with van der Waals surface area (Å²) in [7, 11) is 1.74. The highest BCUT2D eigenvalue weighted by Crippen LogP contribution is 2.20. The Balaban J connectivity index is 1.24. The van der Waals surface area contributed by atoms with Crippen LogP contribution in [0.1, 0.15) is 34.6 Å². The van der Waals surface area contributed by atoms with E-state index in [1.54, 1.807) is 24.1 Å². The molecule has 4 rings (SSSR count). The van der Waals surface area contributed by atoms with Crippen LogP contribution in [0.2, 0.25) is 0 Å². The van der Waals surface area contributed by atoms with E-state index in [0.29, 0.717) is 36.8 Å². The molecule has 8 nitrogen and oxygen atoms in total. The van der Waals surface area contributed by atoms with Gasteiger partial charge in [-0.2, -0.15) is 4.98 Å². The van der Waals surface area contributed by atoms with Crippen molar-refractivity contribution in [2.45, 2.75) is 25.7 Å². The number of amides is 3. The normalized spacial score (nSPS) is 13.2. The number of urea groups is 1. The molecule has 1 fully saturated rings. The molecule has 3 amide bonds. The predicted molar refractivity (Wildman–Crippen MR) is 125 cm³/mol. The zero-order valence-corrected chi connectivity index (χ0v) is 18.9. The number of likely N-dealkylation sites (tertiary alicyclic amines) is 1. The second-order valence-electron chi connectivity index (χ2n) is 8.23. The van der Waals surface area contributed by atoms with Crippen molar-refractivity contribution < 1.29 is 14.1 Å². The van der Waals surface area contributed by atoms with Crippen molar-refractivity contribution in [1.29, 1.82) is 0 Å². The average Bonchev–Trinajstić information content (AvgIpc) is 3.55. The van der Waals surface area contributed by atoms with Gasteiger partial charge in [0.05, 0.1) is 0 Å². The van der Waals surface area contributed by atoms with Crippen LogP contribution in [0.4, 0.5) is 4.79 Å². The zero-order valence-electron chi connectivity index (χ0n) is 18.9. The molecule has 33 heavy (non-hydrogen) atoms. The van der Waals surface area contributed by atoms with Gasteiger partial charge in [0.25, 0.3) is 11.8 Å². The van der Waals surface area contributed by atoms with Crippen LogP contribution < -0.4 is 5.32 Å². The first-order chi connectivity index (χ1) is 16.1. The Morgan fingerprint density at radius 3 is 2.48 bits per heavy atom. The van der Waals surface area contributed by atoms with Gasteiger partial charge < -0.3 is 19.6 Å². The molecule has 0 unspecified atom stereocenters. The van der Waals surface area contributed by atoms with E-state index in [9.17, 15) is 9.59 Å². The van der Waals surface area contributed by atoms with E-state index < -0.39 is 0 Å². The third-order valence-electron chi connectivity index (χ3n) is 5.79. The standard InChI is InChI=1S/C25H29N5O3/c1-29(25(32)26-15-13-19-7-3-2-4-8-19)18-14-22-27-23(33-28-22)20-9-11-21(12-10-20)24(31)30-16-5-6-17-30/h2-4,7-12H,5-6,13-18H2,1H3,(H,26,32). The van der Waals surface area contributed by atoms with Gasteiger partial charge >= 0.3 is 6.03 Å². The van der Waals surface area contributed by atoms with Crippen molar-refractivity contribution in [1.82, 2.24) is 25.3 Å². The van der Waals surface area contributed by atoms with E-state index in [-0.39, 0.29) is 11.9 Å². The van der Waals surface area contributed by atoms with Gasteiger partial charge in [-0.05, 0) is 49.1 Å². The number of nitrogens with one attached hydrogen (secondary N) is 1. The van der Waals surface area contributed by atoms with Gasteiger partial charge in [0, 0.05) is 50.8 Å². The molecule has 3 aromatic rings. The molecule has 1 aromatic heterocycles. The van der Waals surface area contributed by atoms with E-state index >= 15 is 0 Å². The van der Waals surface area contributed by atoms with Gasteiger partial charge in [0.1, 0.15) is 0 Å².